The highest BCUT2D eigenvalue weighted by atomic mass is 35.5. The van der Waals surface area contributed by atoms with Crippen molar-refractivity contribution in [1.82, 2.24) is 0 Å². The number of hydrogen-bond acceptors (Lipinski definition) is 2. The van der Waals surface area contributed by atoms with Crippen LogP contribution < -0.4 is 5.11 Å². The molecular weight excluding hydrogens is 151 g/mol. The lowest BCUT2D eigenvalue weighted by Crippen LogP contribution is -2.26. The van der Waals surface area contributed by atoms with Crippen LogP contribution in [0.3, 0.4) is 0 Å². The SMILES string of the molecule is O=C([O-])[C@@H]1CC1(Cl)Cl. The molecule has 1 saturated carbocycles. The average molecular weight is 154 g/mol. The fourth-order valence-electron chi connectivity index (χ4n) is 0.469. The third-order valence-electron chi connectivity index (χ3n) is 1.11. The van der Waals surface area contributed by atoms with E-state index in [2.05, 4.69) is 0 Å². The van der Waals surface area contributed by atoms with E-state index in [0.29, 0.717) is 6.42 Å². The quantitative estimate of drug-likeness (QED) is 0.496. The molecular formula is C4H3Cl2O2-. The molecule has 0 aromatic heterocycles. The number of carboxylic acids is 1. The molecule has 0 bridgehead atoms. The van der Waals surface area contributed by atoms with Gasteiger partial charge in [0.2, 0.25) is 0 Å². The molecule has 8 heavy (non-hydrogen) atoms. The van der Waals surface area contributed by atoms with E-state index in [9.17, 15) is 9.90 Å². The number of halogens is 2. The Balaban J connectivity index is 2.48. The second kappa shape index (κ2) is 1.52. The normalized spacial score (nSPS) is 32.0. The van der Waals surface area contributed by atoms with Gasteiger partial charge in [-0.2, -0.15) is 0 Å². The molecule has 0 heterocycles. The van der Waals surface area contributed by atoms with E-state index in [-0.39, 0.29) is 0 Å². The highest BCUT2D eigenvalue weighted by Gasteiger charge is 2.52. The molecule has 0 saturated heterocycles. The molecule has 1 aliphatic carbocycles. The smallest absolute Gasteiger partial charge is 0.127 e. The molecule has 0 amide bonds. The Morgan fingerprint density at radius 2 is 2.12 bits per heavy atom. The molecule has 0 aromatic carbocycles. The topological polar surface area (TPSA) is 40.1 Å². The summed E-state index contributed by atoms with van der Waals surface area (Å²) in [5, 5.41) is 9.90. The lowest BCUT2D eigenvalue weighted by molar-refractivity contribution is -0.307. The van der Waals surface area contributed by atoms with Crippen LogP contribution in [0.1, 0.15) is 6.42 Å². The third kappa shape index (κ3) is 0.906. The predicted octanol–water partition coefficient (Wildman–Crippen LogP) is -0.0699. The molecule has 2 nitrogen and oxygen atoms in total. The largest absolute Gasteiger partial charge is 0.550 e. The maximum Gasteiger partial charge on any atom is 0.127 e. The summed E-state index contributed by atoms with van der Waals surface area (Å²) in [6.07, 6.45) is 0.318. The lowest BCUT2D eigenvalue weighted by atomic mass is 10.4. The van der Waals surface area contributed by atoms with Crippen LogP contribution in [0.15, 0.2) is 0 Å². The molecule has 46 valence electrons. The zero-order chi connectivity index (χ0) is 6.36. The molecule has 0 aliphatic heterocycles. The summed E-state index contributed by atoms with van der Waals surface area (Å²) in [5.41, 5.74) is 0. The van der Waals surface area contributed by atoms with Gasteiger partial charge in [0.15, 0.2) is 0 Å². The Labute approximate surface area is 56.4 Å². The summed E-state index contributed by atoms with van der Waals surface area (Å²) >= 11 is 10.7. The van der Waals surface area contributed by atoms with E-state index in [1.54, 1.807) is 0 Å². The summed E-state index contributed by atoms with van der Waals surface area (Å²) in [7, 11) is 0. The number of carboxylic acid groups (broad SMARTS) is 1. The first kappa shape index (κ1) is 6.17. The van der Waals surface area contributed by atoms with Crippen molar-refractivity contribution in [2.45, 2.75) is 10.8 Å². The van der Waals surface area contributed by atoms with Gasteiger partial charge in [-0.3, -0.25) is 0 Å². The van der Waals surface area contributed by atoms with Crippen molar-refractivity contribution in [1.29, 1.82) is 0 Å². The molecule has 1 fully saturated rings. The molecule has 0 unspecified atom stereocenters. The molecule has 0 aromatic rings. The average Bonchev–Trinajstić information content (AvgIpc) is 2.13. The number of aliphatic carboxylic acids is 1. The zero-order valence-corrected chi connectivity index (χ0v) is 5.37. The van der Waals surface area contributed by atoms with Crippen LogP contribution >= 0.6 is 23.2 Å². The zero-order valence-electron chi connectivity index (χ0n) is 3.86. The Morgan fingerprint density at radius 3 is 2.12 bits per heavy atom. The van der Waals surface area contributed by atoms with E-state index in [1.807, 2.05) is 0 Å². The Kier molecular flexibility index (Phi) is 1.17. The summed E-state index contributed by atoms with van der Waals surface area (Å²) < 4.78 is -1.03. The molecule has 0 radical (unpaired) electrons. The van der Waals surface area contributed by atoms with Crippen molar-refractivity contribution >= 4 is 29.2 Å². The van der Waals surface area contributed by atoms with E-state index in [0.717, 1.165) is 0 Å². The highest BCUT2D eigenvalue weighted by molar-refractivity contribution is 6.52. The predicted molar refractivity (Wildman–Crippen MR) is 27.6 cm³/mol. The standard InChI is InChI=1S/C4H4Cl2O2/c5-4(6)1-2(4)3(7)8/h2H,1H2,(H,7,8)/p-1/t2-/m0/s1. The summed E-state index contributed by atoms with van der Waals surface area (Å²) in [6.45, 7) is 0. The summed E-state index contributed by atoms with van der Waals surface area (Å²) in [4.78, 5) is 9.90. The molecule has 1 atom stereocenters. The van der Waals surface area contributed by atoms with E-state index in [4.69, 9.17) is 23.2 Å². The van der Waals surface area contributed by atoms with Gasteiger partial charge in [0.25, 0.3) is 0 Å². The fourth-order valence-corrected chi connectivity index (χ4v) is 0.956. The second-order valence-electron chi connectivity index (χ2n) is 1.84. The number of hydrogen-bond donors (Lipinski definition) is 0. The van der Waals surface area contributed by atoms with Crippen LogP contribution in [0.25, 0.3) is 0 Å². The van der Waals surface area contributed by atoms with Crippen LogP contribution in [-0.4, -0.2) is 10.3 Å². The Morgan fingerprint density at radius 1 is 1.75 bits per heavy atom. The van der Waals surface area contributed by atoms with Gasteiger partial charge in [0, 0.05) is 11.9 Å². The first-order chi connectivity index (χ1) is 3.54. The van der Waals surface area contributed by atoms with Gasteiger partial charge < -0.3 is 9.90 Å². The van der Waals surface area contributed by atoms with Gasteiger partial charge in [-0.15, -0.1) is 23.2 Å². The first-order valence-corrected chi connectivity index (χ1v) is 2.88. The second-order valence-corrected chi connectivity index (χ2v) is 3.38. The first-order valence-electron chi connectivity index (χ1n) is 2.13. The minimum Gasteiger partial charge on any atom is -0.550 e. The Bertz CT molecular complexity index is 132. The number of carbonyl (C=O) groups is 1. The van der Waals surface area contributed by atoms with E-state index < -0.39 is 16.2 Å². The minimum absolute atomic E-state index is 0.318. The maximum absolute atomic E-state index is 9.90. The van der Waals surface area contributed by atoms with Gasteiger partial charge in [-0.1, -0.05) is 0 Å². The van der Waals surface area contributed by atoms with E-state index in [1.165, 1.54) is 0 Å². The van der Waals surface area contributed by atoms with Crippen molar-refractivity contribution < 1.29 is 9.90 Å². The van der Waals surface area contributed by atoms with Crippen LogP contribution in [0.5, 0.6) is 0 Å². The molecule has 1 aliphatic rings. The van der Waals surface area contributed by atoms with Crippen LogP contribution in [-0.2, 0) is 4.79 Å². The van der Waals surface area contributed by atoms with Crippen molar-refractivity contribution in [3.05, 3.63) is 0 Å². The summed E-state index contributed by atoms with van der Waals surface area (Å²) in [5.74, 6) is -1.80. The monoisotopic (exact) mass is 153 g/mol. The molecule has 1 rings (SSSR count). The van der Waals surface area contributed by atoms with Crippen molar-refractivity contribution in [3.8, 4) is 0 Å². The highest BCUT2D eigenvalue weighted by Crippen LogP contribution is 2.52. The van der Waals surface area contributed by atoms with Crippen molar-refractivity contribution in [2.75, 3.05) is 0 Å². The van der Waals surface area contributed by atoms with Gasteiger partial charge in [0.1, 0.15) is 4.33 Å². The maximum atomic E-state index is 9.90. The number of alkyl halides is 2. The van der Waals surface area contributed by atoms with Crippen LogP contribution in [0.4, 0.5) is 0 Å². The number of rotatable bonds is 1. The van der Waals surface area contributed by atoms with Crippen molar-refractivity contribution in [2.24, 2.45) is 5.92 Å². The van der Waals surface area contributed by atoms with Crippen LogP contribution in [0, 0.1) is 5.92 Å². The van der Waals surface area contributed by atoms with Gasteiger partial charge in [-0.25, -0.2) is 0 Å². The Hall–Kier alpha value is 0.0500. The third-order valence-corrected chi connectivity index (χ3v) is 1.95. The van der Waals surface area contributed by atoms with Gasteiger partial charge in [-0.05, 0) is 6.42 Å². The fraction of sp³-hybridized carbons (Fsp3) is 0.750. The van der Waals surface area contributed by atoms with Gasteiger partial charge in [0.05, 0.1) is 0 Å². The number of carbonyl (C=O) groups excluding carboxylic acids is 1. The molecule has 4 heteroatoms. The van der Waals surface area contributed by atoms with Crippen molar-refractivity contribution in [3.63, 3.8) is 0 Å². The van der Waals surface area contributed by atoms with Crippen LogP contribution in [0.2, 0.25) is 0 Å². The van der Waals surface area contributed by atoms with E-state index >= 15 is 0 Å². The molecule has 0 spiro atoms. The summed E-state index contributed by atoms with van der Waals surface area (Å²) in [6, 6.07) is 0. The minimum atomic E-state index is -1.16. The molecule has 0 N–H and O–H groups in total. The van der Waals surface area contributed by atoms with Gasteiger partial charge >= 0.3 is 0 Å². The lowest BCUT2D eigenvalue weighted by Gasteiger charge is -1.97.